The van der Waals surface area contributed by atoms with Crippen LogP contribution in [0.25, 0.3) is 0 Å². The summed E-state index contributed by atoms with van der Waals surface area (Å²) in [5.74, 6) is -1.83. The lowest BCUT2D eigenvalue weighted by atomic mass is 9.84. The second-order valence-electron chi connectivity index (χ2n) is 13.1. The fraction of sp³-hybridized carbons (Fsp3) is 0.686. The summed E-state index contributed by atoms with van der Waals surface area (Å²) >= 11 is 0. The Kier molecular flexibility index (Phi) is 19.0. The summed E-state index contributed by atoms with van der Waals surface area (Å²) in [6.07, 6.45) is 8.46. The molecule has 270 valence electrons. The van der Waals surface area contributed by atoms with E-state index in [1.54, 1.807) is 0 Å². The quantitative estimate of drug-likeness (QED) is 0.0950. The zero-order chi connectivity index (χ0) is 35.3. The van der Waals surface area contributed by atoms with Crippen LogP contribution in [0.5, 0.6) is 0 Å². The third-order valence-electron chi connectivity index (χ3n) is 8.80. The minimum Gasteiger partial charge on any atom is -0.480 e. The lowest BCUT2D eigenvalue weighted by molar-refractivity contribution is -0.139. The number of hydrogen-bond acceptors (Lipinski definition) is 7. The number of carbonyl (C=O) groups excluding carboxylic acids is 4. The summed E-state index contributed by atoms with van der Waals surface area (Å²) < 4.78 is 5.23. The van der Waals surface area contributed by atoms with Crippen LogP contribution in [0.15, 0.2) is 30.3 Å². The van der Waals surface area contributed by atoms with Crippen molar-refractivity contribution in [2.24, 2.45) is 17.6 Å². The maximum absolute atomic E-state index is 13.6. The predicted octanol–water partition coefficient (Wildman–Crippen LogP) is 3.95. The fourth-order valence-electron chi connectivity index (χ4n) is 5.85. The van der Waals surface area contributed by atoms with Gasteiger partial charge in [-0.05, 0) is 75.8 Å². The largest absolute Gasteiger partial charge is 0.480 e. The second-order valence-corrected chi connectivity index (χ2v) is 13.1. The summed E-state index contributed by atoms with van der Waals surface area (Å²) in [5.41, 5.74) is 6.39. The maximum Gasteiger partial charge on any atom is 0.407 e. The normalized spacial score (nSPS) is 15.8. The number of amides is 5. The molecule has 0 bridgehead atoms. The summed E-state index contributed by atoms with van der Waals surface area (Å²) in [6.45, 7) is 6.62. The Hall–Kier alpha value is -3.87. The third-order valence-corrected chi connectivity index (χ3v) is 8.80. The Morgan fingerprint density at radius 2 is 1.46 bits per heavy atom. The molecule has 1 aliphatic rings. The van der Waals surface area contributed by atoms with Crippen molar-refractivity contribution in [1.82, 2.24) is 26.6 Å². The standard InChI is InChI=1S/C35H58N6O7/c1-24(2)30(32(43)38-25(3)27-17-9-5-10-18-27)41-31(42)28(39-34(46)40-29(33(44)45)20-11-6-13-21-36)19-12-14-22-37-35(47)48-23-26-15-7-4-8-16-26/h4,7-8,15-16,24-25,27-30H,5-6,9-14,17-23,36H2,1-3H3,(H,37,47)(H,38,43)(H,41,42)(H,44,45)(H2,39,40,46)/t25-,28+,29-,30-/m0/s1. The van der Waals surface area contributed by atoms with Gasteiger partial charge in [0.15, 0.2) is 0 Å². The zero-order valence-corrected chi connectivity index (χ0v) is 28.9. The molecule has 48 heavy (non-hydrogen) atoms. The van der Waals surface area contributed by atoms with Crippen LogP contribution in [0.4, 0.5) is 9.59 Å². The van der Waals surface area contributed by atoms with Crippen molar-refractivity contribution in [1.29, 1.82) is 0 Å². The summed E-state index contributed by atoms with van der Waals surface area (Å²) in [4.78, 5) is 63.8. The molecule has 13 nitrogen and oxygen atoms in total. The molecule has 1 fully saturated rings. The van der Waals surface area contributed by atoms with Crippen LogP contribution in [0.2, 0.25) is 0 Å². The van der Waals surface area contributed by atoms with Crippen LogP contribution >= 0.6 is 0 Å². The van der Waals surface area contributed by atoms with Crippen LogP contribution in [0.3, 0.4) is 0 Å². The number of hydrogen-bond donors (Lipinski definition) is 7. The van der Waals surface area contributed by atoms with E-state index in [0.717, 1.165) is 44.1 Å². The number of benzene rings is 1. The highest BCUT2D eigenvalue weighted by Gasteiger charge is 2.31. The molecular formula is C35H58N6O7. The SMILES string of the molecule is CC(C)[C@H](NC(=O)[C@@H](CCCCNC(=O)OCc1ccccc1)NC(=O)N[C@@H](CCCCCN)C(=O)O)C(=O)N[C@@H](C)C1CCCCC1. The first-order valence-corrected chi connectivity index (χ1v) is 17.6. The molecule has 0 spiro atoms. The highest BCUT2D eigenvalue weighted by Crippen LogP contribution is 2.26. The number of rotatable bonds is 21. The van der Waals surface area contributed by atoms with Crippen molar-refractivity contribution in [3.8, 4) is 0 Å². The number of urea groups is 1. The van der Waals surface area contributed by atoms with Gasteiger partial charge in [0.1, 0.15) is 24.7 Å². The van der Waals surface area contributed by atoms with Crippen molar-refractivity contribution in [3.05, 3.63) is 35.9 Å². The molecule has 1 saturated carbocycles. The van der Waals surface area contributed by atoms with Gasteiger partial charge in [0.25, 0.3) is 0 Å². The van der Waals surface area contributed by atoms with E-state index in [1.165, 1.54) is 6.42 Å². The van der Waals surface area contributed by atoms with Crippen molar-refractivity contribution >= 4 is 29.9 Å². The number of aliphatic carboxylic acids is 1. The summed E-state index contributed by atoms with van der Waals surface area (Å²) in [5, 5.41) is 23.4. The third kappa shape index (κ3) is 15.8. The second kappa shape index (κ2) is 22.7. The summed E-state index contributed by atoms with van der Waals surface area (Å²) in [7, 11) is 0. The fourth-order valence-corrected chi connectivity index (χ4v) is 5.85. The van der Waals surface area contributed by atoms with E-state index in [0.29, 0.717) is 31.7 Å². The van der Waals surface area contributed by atoms with Gasteiger partial charge in [0, 0.05) is 12.6 Å². The molecule has 2 rings (SSSR count). The van der Waals surface area contributed by atoms with Gasteiger partial charge in [-0.2, -0.15) is 0 Å². The molecule has 0 unspecified atom stereocenters. The van der Waals surface area contributed by atoms with E-state index in [2.05, 4.69) is 26.6 Å². The maximum atomic E-state index is 13.6. The molecule has 5 amide bonds. The van der Waals surface area contributed by atoms with E-state index < -0.39 is 42.1 Å². The Labute approximate surface area is 285 Å². The first-order chi connectivity index (χ1) is 23.0. The average molecular weight is 675 g/mol. The Bertz CT molecular complexity index is 1130. The monoisotopic (exact) mass is 674 g/mol. The molecule has 0 aliphatic heterocycles. The smallest absolute Gasteiger partial charge is 0.407 e. The Morgan fingerprint density at radius 1 is 0.812 bits per heavy atom. The molecule has 1 aromatic carbocycles. The van der Waals surface area contributed by atoms with Gasteiger partial charge in [0.05, 0.1) is 0 Å². The molecule has 1 aliphatic carbocycles. The highest BCUT2D eigenvalue weighted by molar-refractivity contribution is 5.92. The van der Waals surface area contributed by atoms with Crippen molar-refractivity contribution in [2.45, 2.75) is 129 Å². The molecule has 0 heterocycles. The van der Waals surface area contributed by atoms with Crippen LogP contribution in [0.1, 0.15) is 103 Å². The lowest BCUT2D eigenvalue weighted by Crippen LogP contribution is -2.58. The number of carboxylic acid groups (broad SMARTS) is 1. The molecule has 8 N–H and O–H groups in total. The van der Waals surface area contributed by atoms with E-state index >= 15 is 0 Å². The molecule has 0 radical (unpaired) electrons. The molecule has 0 aromatic heterocycles. The van der Waals surface area contributed by atoms with Gasteiger partial charge < -0.3 is 42.2 Å². The van der Waals surface area contributed by atoms with Crippen LogP contribution in [0, 0.1) is 11.8 Å². The van der Waals surface area contributed by atoms with Crippen molar-refractivity contribution in [3.63, 3.8) is 0 Å². The van der Waals surface area contributed by atoms with Gasteiger partial charge in [-0.1, -0.05) is 76.3 Å². The van der Waals surface area contributed by atoms with Crippen molar-refractivity contribution < 1.29 is 33.8 Å². The minimum atomic E-state index is -1.17. The number of unbranched alkanes of at least 4 members (excludes halogenated alkanes) is 3. The molecule has 1 aromatic rings. The van der Waals surface area contributed by atoms with E-state index in [4.69, 9.17) is 10.5 Å². The zero-order valence-electron chi connectivity index (χ0n) is 28.9. The molecule has 13 heteroatoms. The number of nitrogens with two attached hydrogens (primary N) is 1. The topological polar surface area (TPSA) is 201 Å². The van der Waals surface area contributed by atoms with Gasteiger partial charge >= 0.3 is 18.1 Å². The number of carbonyl (C=O) groups is 5. The van der Waals surface area contributed by atoms with Gasteiger partial charge in [-0.15, -0.1) is 0 Å². The van der Waals surface area contributed by atoms with Gasteiger partial charge in [0.2, 0.25) is 11.8 Å². The van der Waals surface area contributed by atoms with Crippen molar-refractivity contribution in [2.75, 3.05) is 13.1 Å². The molecule has 4 atom stereocenters. The van der Waals surface area contributed by atoms with Crippen LogP contribution in [-0.2, 0) is 25.7 Å². The number of ether oxygens (including phenoxy) is 1. The van der Waals surface area contributed by atoms with E-state index in [9.17, 15) is 29.1 Å². The number of carboxylic acids is 1. The Balaban J connectivity index is 2.00. The highest BCUT2D eigenvalue weighted by atomic mass is 16.5. The minimum absolute atomic E-state index is 0.0275. The lowest BCUT2D eigenvalue weighted by Gasteiger charge is -2.31. The Morgan fingerprint density at radius 3 is 2.10 bits per heavy atom. The predicted molar refractivity (Wildman–Crippen MR) is 184 cm³/mol. The first-order valence-electron chi connectivity index (χ1n) is 17.6. The average Bonchev–Trinajstić information content (AvgIpc) is 3.07. The number of alkyl carbamates (subject to hydrolysis) is 1. The van der Waals surface area contributed by atoms with Crippen LogP contribution < -0.4 is 32.3 Å². The molecular weight excluding hydrogens is 616 g/mol. The first kappa shape index (κ1) is 40.3. The number of nitrogens with one attached hydrogen (secondary N) is 5. The van der Waals surface area contributed by atoms with E-state index in [-0.39, 0.29) is 43.9 Å². The molecule has 0 saturated heterocycles. The van der Waals surface area contributed by atoms with Gasteiger partial charge in [-0.25, -0.2) is 14.4 Å². The van der Waals surface area contributed by atoms with E-state index in [1.807, 2.05) is 51.1 Å². The summed E-state index contributed by atoms with van der Waals surface area (Å²) in [6, 6.07) is 5.47. The van der Waals surface area contributed by atoms with Gasteiger partial charge in [-0.3, -0.25) is 9.59 Å². The van der Waals surface area contributed by atoms with Crippen LogP contribution in [-0.4, -0.2) is 72.3 Å².